The molecule has 0 bridgehead atoms. The number of methoxy groups -OCH3 is 1. The molecule has 5 heterocycles. The third kappa shape index (κ3) is 22.9. The standard InChI is InChI=1S/C31H50O52S8/c1-66-28-19(80-88(54,55)56)12(36)14(6(71-28)3-68-85(45,46)47)73-30-20(81-89(57,58)59)13(37)17(23(78-30)26(40)41)76-31-24(83-91(63,64)65)21(82-90(60,61)62)15(7(72-31)4-69-86(48,49)50)74-27-11(35)10(34)16(22(77-27)25(38)39)75-29-18(79-87(51,52)53)9(33)8(32)5(70-29)2-67-84(42,43)44/h5-24,27-37H,2-4H2,1H3,(H,38,39)(H,40,41)(H,42,43,44)(H,45,46,47)(H,48,49,50)(H,51,52,53)(H,54,55,56)(H,57,58,59)(H,60,61,62)(H,63,64,65)/t5-,6-,7-,8-,9+,10-,11-,12+,13+,14-,15-,16+,17+,18-,19-,20-,21+,22+,23-,24-,27-,28+,29-,30-,31-/m1/s1. The van der Waals surface area contributed by atoms with Gasteiger partial charge in [-0.15, -0.1) is 0 Å². The van der Waals surface area contributed by atoms with Crippen LogP contribution in [-0.4, -0.2) is 337 Å². The van der Waals surface area contributed by atoms with Gasteiger partial charge in [-0.3, -0.25) is 36.4 Å². The summed E-state index contributed by atoms with van der Waals surface area (Å²) < 4.78 is 353. The highest BCUT2D eigenvalue weighted by molar-refractivity contribution is 7.82. The fraction of sp³-hybridized carbons (Fsp3) is 0.935. The van der Waals surface area contributed by atoms with Gasteiger partial charge >= 0.3 is 95.1 Å². The Bertz CT molecular complexity index is 3470. The molecule has 0 aromatic rings. The summed E-state index contributed by atoms with van der Waals surface area (Å²) >= 11 is 0. The summed E-state index contributed by atoms with van der Waals surface area (Å²) in [7, 11) is -46.8. The zero-order valence-electron chi connectivity index (χ0n) is 43.7. The van der Waals surface area contributed by atoms with E-state index in [4.69, 9.17) is 51.9 Å². The third-order valence-corrected chi connectivity index (χ3v) is 15.7. The minimum absolute atomic E-state index is 0.689. The first-order chi connectivity index (χ1) is 41.2. The minimum Gasteiger partial charge on any atom is -0.479 e. The van der Waals surface area contributed by atoms with Gasteiger partial charge in [0.1, 0.15) is 85.5 Å². The fourth-order valence-electron chi connectivity index (χ4n) is 8.71. The molecule has 5 aliphatic heterocycles. The van der Waals surface area contributed by atoms with E-state index in [9.17, 15) is 150 Å². The summed E-state index contributed by atoms with van der Waals surface area (Å²) in [6.07, 6.45) is -74.1. The average Bonchev–Trinajstić information content (AvgIpc) is 0.767. The van der Waals surface area contributed by atoms with Crippen molar-refractivity contribution >= 4 is 95.1 Å². The Morgan fingerprint density at radius 3 is 1.01 bits per heavy atom. The van der Waals surface area contributed by atoms with Gasteiger partial charge in [-0.2, -0.15) is 67.3 Å². The fourth-order valence-corrected chi connectivity index (χ4v) is 12.1. The summed E-state index contributed by atoms with van der Waals surface area (Å²) in [5.74, 6) is -4.98. The average molecular weight is 1510 g/mol. The largest absolute Gasteiger partial charge is 0.479 e. The van der Waals surface area contributed by atoms with E-state index in [1.165, 1.54) is 0 Å². The van der Waals surface area contributed by atoms with Crippen LogP contribution in [0.25, 0.3) is 0 Å². The van der Waals surface area contributed by atoms with E-state index in [2.05, 4.69) is 33.5 Å². The highest BCUT2D eigenvalue weighted by Crippen LogP contribution is 2.40. The van der Waals surface area contributed by atoms with Crippen LogP contribution < -0.4 is 0 Å². The van der Waals surface area contributed by atoms with E-state index in [1.807, 2.05) is 0 Å². The van der Waals surface area contributed by atoms with E-state index in [0.29, 0.717) is 7.11 Å². The Balaban J connectivity index is 1.60. The Hall–Kier alpha value is -2.74. The molecular formula is C31H50O52S8. The maximum Gasteiger partial charge on any atom is 0.397 e. The maximum atomic E-state index is 13.0. The molecule has 0 aromatic carbocycles. The molecule has 0 spiro atoms. The van der Waals surface area contributed by atoms with Crippen molar-refractivity contribution in [1.82, 2.24) is 0 Å². The van der Waals surface area contributed by atoms with E-state index >= 15 is 0 Å². The van der Waals surface area contributed by atoms with Crippen molar-refractivity contribution in [3.63, 3.8) is 0 Å². The van der Waals surface area contributed by atoms with E-state index in [0.717, 1.165) is 0 Å². The SMILES string of the molecule is CO[C@H]1O[C@H](COS(=O)(=O)O)[C@@H](O[C@@H]2O[C@@H](C(=O)O)[C@@H](O[C@H]3O[C@H](COS(=O)(=O)O)[C@@H](O[C@@H]4O[C@H](C(=O)O)[C@@H](O[C@H]5O[C@H](COS(=O)(=O)O)[C@@H](O)[C@H](O)[C@H]5OS(=O)(=O)O)[C@H](O)[C@H]4O)[C@H](OS(=O)(=O)O)[C@H]3OS(=O)(=O)O)[C@H](O)[C@H]2OS(=O)(=O)O)[C@H](O)[C@H]1OS(=O)(=O)O. The zero-order valence-corrected chi connectivity index (χ0v) is 50.2. The lowest BCUT2D eigenvalue weighted by Gasteiger charge is -2.50. The minimum atomic E-state index is -6.41. The molecule has 0 saturated carbocycles. The first-order valence-corrected chi connectivity index (χ1v) is 34.2. The summed E-state index contributed by atoms with van der Waals surface area (Å²) in [5.41, 5.74) is 0. The number of rotatable bonds is 30. The molecule has 0 aromatic heterocycles. The molecule has 5 rings (SSSR count). The zero-order chi connectivity index (χ0) is 69.4. The lowest BCUT2D eigenvalue weighted by Crippen LogP contribution is -2.69. The second kappa shape index (κ2) is 29.9. The van der Waals surface area contributed by atoms with Gasteiger partial charge in [-0.1, -0.05) is 0 Å². The van der Waals surface area contributed by atoms with Crippen LogP contribution in [0.15, 0.2) is 0 Å². The van der Waals surface area contributed by atoms with E-state index in [-0.39, 0.29) is 0 Å². The number of carboxylic acid groups (broad SMARTS) is 2. The summed E-state index contributed by atoms with van der Waals surface area (Å²) in [6, 6.07) is 0. The Kier molecular flexibility index (Phi) is 26.0. The summed E-state index contributed by atoms with van der Waals surface area (Å²) in [4.78, 5) is 25.7. The quantitative estimate of drug-likeness (QED) is 0.0297. The molecule has 91 heavy (non-hydrogen) atoms. The molecular weight excluding hydrogens is 1460 g/mol. The summed E-state index contributed by atoms with van der Waals surface area (Å²) in [5, 5.41) is 87.5. The van der Waals surface area contributed by atoms with Gasteiger partial charge in [0.15, 0.2) is 68.1 Å². The smallest absolute Gasteiger partial charge is 0.397 e. The Morgan fingerprint density at radius 2 is 0.593 bits per heavy atom. The molecule has 16 N–H and O–H groups in total. The van der Waals surface area contributed by atoms with Gasteiger partial charge in [0.25, 0.3) is 0 Å². The molecule has 0 amide bonds. The first-order valence-electron chi connectivity index (χ1n) is 23.3. The predicted molar refractivity (Wildman–Crippen MR) is 256 cm³/mol. The molecule has 5 saturated heterocycles. The number of aliphatic hydroxyl groups is 6. The normalized spacial score (nSPS) is 38.6. The van der Waals surface area contributed by atoms with Crippen LogP contribution in [0.2, 0.25) is 0 Å². The van der Waals surface area contributed by atoms with Crippen LogP contribution in [0.5, 0.6) is 0 Å². The van der Waals surface area contributed by atoms with Gasteiger partial charge in [-0.25, -0.2) is 43.1 Å². The van der Waals surface area contributed by atoms with Gasteiger partial charge < -0.3 is 88.2 Å². The van der Waals surface area contributed by atoms with Gasteiger partial charge in [0.05, 0.1) is 19.8 Å². The number of hydrogen-bond acceptors (Lipinski definition) is 42. The van der Waals surface area contributed by atoms with Crippen LogP contribution in [0, 0.1) is 0 Å². The van der Waals surface area contributed by atoms with Crippen molar-refractivity contribution in [3.8, 4) is 0 Å². The molecule has 5 aliphatic rings. The van der Waals surface area contributed by atoms with Crippen molar-refractivity contribution < 1.29 is 235 Å². The highest BCUT2D eigenvalue weighted by Gasteiger charge is 2.62. The van der Waals surface area contributed by atoms with Crippen LogP contribution in [0.1, 0.15) is 0 Å². The number of aliphatic carboxylic acids is 2. The number of ether oxygens (including phenoxy) is 10. The number of hydrogen-bond donors (Lipinski definition) is 16. The number of carbonyl (C=O) groups is 2. The van der Waals surface area contributed by atoms with Gasteiger partial charge in [0, 0.05) is 7.11 Å². The molecule has 52 nitrogen and oxygen atoms in total. The molecule has 0 unspecified atom stereocenters. The highest BCUT2D eigenvalue weighted by atomic mass is 32.3. The van der Waals surface area contributed by atoms with Crippen molar-refractivity contribution in [2.75, 3.05) is 26.9 Å². The lowest BCUT2D eigenvalue weighted by atomic mass is 9.95. The van der Waals surface area contributed by atoms with Crippen molar-refractivity contribution in [1.29, 1.82) is 0 Å². The first kappa shape index (κ1) is 79.0. The van der Waals surface area contributed by atoms with Crippen molar-refractivity contribution in [2.24, 2.45) is 0 Å². The van der Waals surface area contributed by atoms with E-state index < -0.39 is 268 Å². The second-order valence-electron chi connectivity index (χ2n) is 18.3. The summed E-state index contributed by atoms with van der Waals surface area (Å²) in [6.45, 7) is -5.17. The molecule has 534 valence electrons. The molecule has 5 fully saturated rings. The number of carboxylic acids is 2. The third-order valence-electron chi connectivity index (χ3n) is 12.1. The van der Waals surface area contributed by atoms with Gasteiger partial charge in [-0.05, 0) is 0 Å². The lowest BCUT2D eigenvalue weighted by molar-refractivity contribution is -0.383. The second-order valence-corrected chi connectivity index (χ2v) is 26.8. The molecule has 25 atom stereocenters. The van der Waals surface area contributed by atoms with Crippen LogP contribution >= 0.6 is 0 Å². The van der Waals surface area contributed by atoms with Crippen molar-refractivity contribution in [3.05, 3.63) is 0 Å². The van der Waals surface area contributed by atoms with Crippen LogP contribution in [-0.2, 0) is 174 Å². The van der Waals surface area contributed by atoms with Crippen LogP contribution in [0.4, 0.5) is 0 Å². The molecule has 0 radical (unpaired) electrons. The van der Waals surface area contributed by atoms with Crippen LogP contribution in [0.3, 0.4) is 0 Å². The monoisotopic (exact) mass is 1510 g/mol. The maximum absolute atomic E-state index is 13.0. The van der Waals surface area contributed by atoms with Gasteiger partial charge in [0.2, 0.25) is 0 Å². The van der Waals surface area contributed by atoms with E-state index in [1.54, 1.807) is 0 Å². The number of aliphatic hydroxyl groups excluding tert-OH is 6. The predicted octanol–water partition coefficient (Wildman–Crippen LogP) is -12.5. The topological polar surface area (TPSA) is 797 Å². The Labute approximate surface area is 508 Å². The molecule has 0 aliphatic carbocycles. The van der Waals surface area contributed by atoms with Crippen molar-refractivity contribution in [2.45, 2.75) is 154 Å². The Morgan fingerprint density at radius 1 is 0.308 bits per heavy atom. The molecule has 60 heteroatoms.